The van der Waals surface area contributed by atoms with E-state index in [1.807, 2.05) is 29.2 Å². The predicted octanol–water partition coefficient (Wildman–Crippen LogP) is 2.52. The van der Waals surface area contributed by atoms with Crippen molar-refractivity contribution >= 4 is 17.5 Å². The van der Waals surface area contributed by atoms with Gasteiger partial charge in [0.15, 0.2) is 0 Å². The second kappa shape index (κ2) is 8.18. The number of carbonyl (C=O) groups excluding carboxylic acids is 2. The first-order chi connectivity index (χ1) is 11.4. The number of hydrogen-bond acceptors (Lipinski definition) is 3. The Kier molecular flexibility index (Phi) is 6.23. The number of anilines is 1. The minimum Gasteiger partial charge on any atom is -0.374 e. The lowest BCUT2D eigenvalue weighted by Gasteiger charge is -2.33. The smallest absolute Gasteiger partial charge is 0.253 e. The highest BCUT2D eigenvalue weighted by atomic mass is 16.2. The molecule has 1 aromatic rings. The van der Waals surface area contributed by atoms with Gasteiger partial charge in [-0.05, 0) is 43.0 Å². The van der Waals surface area contributed by atoms with Gasteiger partial charge in [0.1, 0.15) is 0 Å². The summed E-state index contributed by atoms with van der Waals surface area (Å²) in [6.45, 7) is 8.23. The Morgan fingerprint density at radius 2 is 1.96 bits per heavy atom. The Balaban J connectivity index is 2.00. The highest BCUT2D eigenvalue weighted by Crippen LogP contribution is 2.18. The molecule has 0 unspecified atom stereocenters. The zero-order valence-corrected chi connectivity index (χ0v) is 15.2. The third-order valence-corrected chi connectivity index (χ3v) is 4.31. The van der Waals surface area contributed by atoms with E-state index in [1.165, 1.54) is 6.92 Å². The van der Waals surface area contributed by atoms with Crippen LogP contribution in [0.25, 0.3) is 0 Å². The van der Waals surface area contributed by atoms with E-state index in [4.69, 9.17) is 0 Å². The number of carbonyl (C=O) groups is 2. The van der Waals surface area contributed by atoms with Crippen LogP contribution in [0.4, 0.5) is 5.69 Å². The summed E-state index contributed by atoms with van der Waals surface area (Å²) >= 11 is 0. The monoisotopic (exact) mass is 331 g/mol. The van der Waals surface area contributed by atoms with E-state index in [0.29, 0.717) is 18.0 Å². The predicted molar refractivity (Wildman–Crippen MR) is 97.3 cm³/mol. The molecular formula is C19H29N3O2. The molecule has 1 aromatic carbocycles. The van der Waals surface area contributed by atoms with Crippen molar-refractivity contribution < 1.29 is 9.59 Å². The maximum atomic E-state index is 12.7. The fourth-order valence-electron chi connectivity index (χ4n) is 3.26. The number of likely N-dealkylation sites (tertiary alicyclic amines) is 1. The van der Waals surface area contributed by atoms with E-state index < -0.39 is 0 Å². The highest BCUT2D eigenvalue weighted by Gasteiger charge is 2.24. The number of amides is 2. The van der Waals surface area contributed by atoms with E-state index in [1.54, 1.807) is 0 Å². The lowest BCUT2D eigenvalue weighted by Crippen LogP contribution is -2.49. The summed E-state index contributed by atoms with van der Waals surface area (Å²) in [7, 11) is 2.07. The summed E-state index contributed by atoms with van der Waals surface area (Å²) in [5.41, 5.74) is 1.83. The molecule has 1 atom stereocenters. The molecule has 2 amide bonds. The summed E-state index contributed by atoms with van der Waals surface area (Å²) in [6, 6.07) is 7.87. The molecule has 5 nitrogen and oxygen atoms in total. The van der Waals surface area contributed by atoms with Crippen LogP contribution in [0.15, 0.2) is 24.3 Å². The number of hydrogen-bond donors (Lipinski definition) is 1. The highest BCUT2D eigenvalue weighted by molar-refractivity contribution is 5.94. The Morgan fingerprint density at radius 1 is 1.29 bits per heavy atom. The maximum absolute atomic E-state index is 12.7. The second-order valence-corrected chi connectivity index (χ2v) is 7.11. The minimum atomic E-state index is -0.0353. The van der Waals surface area contributed by atoms with E-state index in [0.717, 1.165) is 31.6 Å². The molecule has 132 valence electrons. The van der Waals surface area contributed by atoms with Gasteiger partial charge in [0.25, 0.3) is 5.91 Å². The van der Waals surface area contributed by atoms with Crippen molar-refractivity contribution in [2.45, 2.75) is 39.7 Å². The Bertz CT molecular complexity index is 568. The van der Waals surface area contributed by atoms with Gasteiger partial charge in [-0.15, -0.1) is 0 Å². The summed E-state index contributed by atoms with van der Waals surface area (Å²) in [5.74, 6) is 0.602. The molecule has 1 heterocycles. The van der Waals surface area contributed by atoms with Crippen LogP contribution in [-0.4, -0.2) is 49.4 Å². The molecule has 0 aromatic heterocycles. The van der Waals surface area contributed by atoms with Crippen molar-refractivity contribution in [3.63, 3.8) is 0 Å². The summed E-state index contributed by atoms with van der Waals surface area (Å²) in [5, 5.41) is 2.92. The SMILES string of the molecule is CC(=O)N[C@H]1CCCN(C(=O)c2ccc(N(C)CC(C)C)cc2)C1. The Morgan fingerprint density at radius 3 is 2.54 bits per heavy atom. The topological polar surface area (TPSA) is 52.7 Å². The minimum absolute atomic E-state index is 0.0353. The number of nitrogens with zero attached hydrogens (tertiary/aromatic N) is 2. The van der Waals surface area contributed by atoms with Crippen molar-refractivity contribution in [1.29, 1.82) is 0 Å². The zero-order chi connectivity index (χ0) is 17.7. The van der Waals surface area contributed by atoms with Crippen LogP contribution in [0.1, 0.15) is 44.0 Å². The molecule has 1 saturated heterocycles. The summed E-state index contributed by atoms with van der Waals surface area (Å²) in [4.78, 5) is 28.0. The second-order valence-electron chi connectivity index (χ2n) is 7.11. The van der Waals surface area contributed by atoms with Gasteiger partial charge in [0.2, 0.25) is 5.91 Å². The van der Waals surface area contributed by atoms with E-state index in [2.05, 4.69) is 31.1 Å². The van der Waals surface area contributed by atoms with Gasteiger partial charge in [0.05, 0.1) is 0 Å². The van der Waals surface area contributed by atoms with Crippen molar-refractivity contribution in [3.8, 4) is 0 Å². The third kappa shape index (κ3) is 4.98. The zero-order valence-electron chi connectivity index (χ0n) is 15.2. The average Bonchev–Trinajstić information content (AvgIpc) is 2.53. The molecule has 0 bridgehead atoms. The van der Waals surface area contributed by atoms with Gasteiger partial charge < -0.3 is 15.1 Å². The molecule has 2 rings (SSSR count). The third-order valence-electron chi connectivity index (χ3n) is 4.31. The fourth-order valence-corrected chi connectivity index (χ4v) is 3.26. The van der Waals surface area contributed by atoms with Crippen molar-refractivity contribution in [2.75, 3.05) is 31.6 Å². The number of piperidine rings is 1. The van der Waals surface area contributed by atoms with Crippen LogP contribution in [0.3, 0.4) is 0 Å². The summed E-state index contributed by atoms with van der Waals surface area (Å²) < 4.78 is 0. The molecule has 1 aliphatic rings. The van der Waals surface area contributed by atoms with Crippen molar-refractivity contribution in [3.05, 3.63) is 29.8 Å². The van der Waals surface area contributed by atoms with Gasteiger partial charge in [0, 0.05) is 50.9 Å². The molecule has 1 N–H and O–H groups in total. The van der Waals surface area contributed by atoms with Crippen LogP contribution in [0, 0.1) is 5.92 Å². The molecule has 1 aliphatic heterocycles. The van der Waals surface area contributed by atoms with E-state index in [9.17, 15) is 9.59 Å². The van der Waals surface area contributed by atoms with Crippen LogP contribution >= 0.6 is 0 Å². The van der Waals surface area contributed by atoms with Crippen LogP contribution < -0.4 is 10.2 Å². The first-order valence-corrected chi connectivity index (χ1v) is 8.74. The molecular weight excluding hydrogens is 302 g/mol. The number of rotatable bonds is 5. The summed E-state index contributed by atoms with van der Waals surface area (Å²) in [6.07, 6.45) is 1.86. The van der Waals surface area contributed by atoms with Crippen LogP contribution in [0.2, 0.25) is 0 Å². The average molecular weight is 331 g/mol. The molecule has 0 spiro atoms. The Hall–Kier alpha value is -2.04. The van der Waals surface area contributed by atoms with Crippen LogP contribution in [-0.2, 0) is 4.79 Å². The van der Waals surface area contributed by atoms with E-state index >= 15 is 0 Å². The van der Waals surface area contributed by atoms with Crippen LogP contribution in [0.5, 0.6) is 0 Å². The van der Waals surface area contributed by atoms with Gasteiger partial charge in [-0.2, -0.15) is 0 Å². The van der Waals surface area contributed by atoms with Crippen molar-refractivity contribution in [1.82, 2.24) is 10.2 Å². The van der Waals surface area contributed by atoms with E-state index in [-0.39, 0.29) is 17.9 Å². The molecule has 0 aliphatic carbocycles. The number of benzene rings is 1. The largest absolute Gasteiger partial charge is 0.374 e. The first kappa shape index (κ1) is 18.3. The van der Waals surface area contributed by atoms with Gasteiger partial charge >= 0.3 is 0 Å². The normalized spacial score (nSPS) is 17.7. The van der Waals surface area contributed by atoms with Gasteiger partial charge in [-0.1, -0.05) is 13.8 Å². The van der Waals surface area contributed by atoms with Gasteiger partial charge in [-0.25, -0.2) is 0 Å². The number of nitrogens with one attached hydrogen (secondary N) is 1. The molecule has 0 radical (unpaired) electrons. The molecule has 1 fully saturated rings. The molecule has 24 heavy (non-hydrogen) atoms. The lowest BCUT2D eigenvalue weighted by atomic mass is 10.0. The molecule has 5 heteroatoms. The Labute approximate surface area is 145 Å². The fraction of sp³-hybridized carbons (Fsp3) is 0.579. The van der Waals surface area contributed by atoms with Gasteiger partial charge in [-0.3, -0.25) is 9.59 Å². The standard InChI is InChI=1S/C19H29N3O2/c1-14(2)12-21(4)18-9-7-16(8-10-18)19(24)22-11-5-6-17(13-22)20-15(3)23/h7-10,14,17H,5-6,11-13H2,1-4H3,(H,20,23)/t17-/m0/s1. The molecule has 0 saturated carbocycles. The first-order valence-electron chi connectivity index (χ1n) is 8.74. The maximum Gasteiger partial charge on any atom is 0.253 e. The quantitative estimate of drug-likeness (QED) is 0.902. The van der Waals surface area contributed by atoms with Crippen molar-refractivity contribution in [2.24, 2.45) is 5.92 Å². The lowest BCUT2D eigenvalue weighted by molar-refractivity contribution is -0.120.